The summed E-state index contributed by atoms with van der Waals surface area (Å²) >= 11 is 0. The van der Waals surface area contributed by atoms with E-state index >= 15 is 0 Å². The summed E-state index contributed by atoms with van der Waals surface area (Å²) in [6.45, 7) is 7.91. The molecule has 1 atom stereocenters. The van der Waals surface area contributed by atoms with Gasteiger partial charge in [0.25, 0.3) is 5.91 Å². The van der Waals surface area contributed by atoms with Crippen molar-refractivity contribution in [3.63, 3.8) is 0 Å². The second-order valence-corrected chi connectivity index (χ2v) is 7.84. The smallest absolute Gasteiger partial charge is 0.339 e. The van der Waals surface area contributed by atoms with Crippen LogP contribution in [0.3, 0.4) is 0 Å². The molecule has 1 rings (SSSR count). The van der Waals surface area contributed by atoms with Crippen LogP contribution in [0.1, 0.15) is 36.7 Å². The van der Waals surface area contributed by atoms with Gasteiger partial charge in [0.15, 0.2) is 6.10 Å². The summed E-state index contributed by atoms with van der Waals surface area (Å²) in [5.41, 5.74) is 0.672. The van der Waals surface area contributed by atoms with Gasteiger partial charge in [0.1, 0.15) is 0 Å². The molecule has 0 saturated heterocycles. The molecule has 9 heteroatoms. The number of ether oxygens (including phenoxy) is 2. The van der Waals surface area contributed by atoms with Gasteiger partial charge in [0.05, 0.1) is 17.1 Å². The lowest BCUT2D eigenvalue weighted by molar-refractivity contribution is -0.129. The lowest BCUT2D eigenvalue weighted by atomic mass is 10.1. The molecule has 152 valence electrons. The Labute approximate surface area is 160 Å². The molecule has 0 aliphatic heterocycles. The van der Waals surface area contributed by atoms with Crippen LogP contribution in [0.25, 0.3) is 0 Å². The molecule has 0 aromatic heterocycles. The van der Waals surface area contributed by atoms with Crippen LogP contribution in [-0.4, -0.2) is 64.1 Å². The number of aryl methyl sites for hydroxylation is 1. The number of hydrogen-bond acceptors (Lipinski definition) is 6. The maximum Gasteiger partial charge on any atom is 0.339 e. The monoisotopic (exact) mass is 400 g/mol. The van der Waals surface area contributed by atoms with Crippen molar-refractivity contribution in [1.82, 2.24) is 9.62 Å². The van der Waals surface area contributed by atoms with Crippen LogP contribution >= 0.6 is 0 Å². The minimum Gasteiger partial charge on any atom is -0.449 e. The van der Waals surface area contributed by atoms with Crippen molar-refractivity contribution in [3.05, 3.63) is 29.3 Å². The average molecular weight is 400 g/mol. The minimum absolute atomic E-state index is 0.0148. The molecule has 0 bridgehead atoms. The Hall–Kier alpha value is -1.97. The third-order valence-electron chi connectivity index (χ3n) is 4.03. The first-order valence-electron chi connectivity index (χ1n) is 8.77. The van der Waals surface area contributed by atoms with E-state index in [-0.39, 0.29) is 10.5 Å². The molecular weight excluding hydrogens is 372 g/mol. The molecule has 1 amide bonds. The van der Waals surface area contributed by atoms with Crippen molar-refractivity contribution in [2.45, 2.75) is 38.7 Å². The summed E-state index contributed by atoms with van der Waals surface area (Å²) in [6.07, 6.45) is -1.02. The number of sulfonamides is 1. The quantitative estimate of drug-likeness (QED) is 0.470. The van der Waals surface area contributed by atoms with Gasteiger partial charge in [-0.2, -0.15) is 4.31 Å². The number of hydrogen-bond donors (Lipinski definition) is 1. The number of esters is 1. The van der Waals surface area contributed by atoms with E-state index in [1.807, 2.05) is 0 Å². The van der Waals surface area contributed by atoms with E-state index in [4.69, 9.17) is 9.47 Å². The molecule has 1 N–H and O–H groups in total. The predicted molar refractivity (Wildman–Crippen MR) is 101 cm³/mol. The molecule has 0 aliphatic carbocycles. The zero-order valence-electron chi connectivity index (χ0n) is 16.4. The van der Waals surface area contributed by atoms with Gasteiger partial charge in [-0.15, -0.1) is 0 Å². The second-order valence-electron chi connectivity index (χ2n) is 5.90. The molecule has 0 aliphatic rings. The Balaban J connectivity index is 3.00. The zero-order valence-corrected chi connectivity index (χ0v) is 17.3. The fourth-order valence-corrected chi connectivity index (χ4v) is 3.88. The van der Waals surface area contributed by atoms with Gasteiger partial charge >= 0.3 is 5.97 Å². The number of carbonyl (C=O) groups is 2. The number of benzene rings is 1. The van der Waals surface area contributed by atoms with Crippen molar-refractivity contribution in [1.29, 1.82) is 0 Å². The highest BCUT2D eigenvalue weighted by Gasteiger charge is 2.25. The minimum atomic E-state index is -3.70. The molecule has 0 unspecified atom stereocenters. The number of rotatable bonds is 10. The molecule has 27 heavy (non-hydrogen) atoms. The second kappa shape index (κ2) is 10.4. The van der Waals surface area contributed by atoms with Gasteiger partial charge in [0.2, 0.25) is 10.0 Å². The Morgan fingerprint density at radius 1 is 1.22 bits per heavy atom. The first-order chi connectivity index (χ1) is 12.7. The molecule has 1 aromatic rings. The van der Waals surface area contributed by atoms with E-state index in [2.05, 4.69) is 5.32 Å². The van der Waals surface area contributed by atoms with Crippen LogP contribution in [0.4, 0.5) is 0 Å². The van der Waals surface area contributed by atoms with Gasteiger partial charge in [-0.3, -0.25) is 4.79 Å². The van der Waals surface area contributed by atoms with E-state index in [0.717, 1.165) is 0 Å². The van der Waals surface area contributed by atoms with Gasteiger partial charge in [-0.25, -0.2) is 13.2 Å². The van der Waals surface area contributed by atoms with Crippen LogP contribution in [0.2, 0.25) is 0 Å². The highest BCUT2D eigenvalue weighted by molar-refractivity contribution is 7.89. The maximum atomic E-state index is 12.7. The third-order valence-corrected chi connectivity index (χ3v) is 6.08. The molecule has 8 nitrogen and oxygen atoms in total. The summed E-state index contributed by atoms with van der Waals surface area (Å²) in [6, 6.07) is 4.30. The van der Waals surface area contributed by atoms with E-state index in [9.17, 15) is 18.0 Å². The van der Waals surface area contributed by atoms with Crippen LogP contribution in [0.15, 0.2) is 23.1 Å². The number of nitrogens with one attached hydrogen (secondary N) is 1. The summed E-state index contributed by atoms with van der Waals surface area (Å²) in [5.74, 6) is -1.21. The van der Waals surface area contributed by atoms with Crippen molar-refractivity contribution < 1.29 is 27.5 Å². The van der Waals surface area contributed by atoms with Crippen molar-refractivity contribution >= 4 is 21.9 Å². The van der Waals surface area contributed by atoms with E-state index in [0.29, 0.717) is 31.8 Å². The summed E-state index contributed by atoms with van der Waals surface area (Å²) in [5, 5.41) is 2.58. The molecule has 0 heterocycles. The largest absolute Gasteiger partial charge is 0.449 e. The van der Waals surface area contributed by atoms with E-state index < -0.39 is 28.0 Å². The van der Waals surface area contributed by atoms with Crippen molar-refractivity contribution in [2.75, 3.05) is 33.4 Å². The molecule has 0 fully saturated rings. The third kappa shape index (κ3) is 6.02. The normalized spacial score (nSPS) is 12.7. The van der Waals surface area contributed by atoms with Crippen molar-refractivity contribution in [2.24, 2.45) is 0 Å². The topological polar surface area (TPSA) is 102 Å². The standard InChI is InChI=1S/C18H28N2O6S/c1-6-20(7-2)27(23,24)15-9-8-13(3)16(12-15)18(22)26-14(4)17(21)19-10-11-25-5/h8-9,12,14H,6-7,10-11H2,1-5H3,(H,19,21)/t14-/m1/s1. The van der Waals surface area contributed by atoms with Crippen LogP contribution in [0.5, 0.6) is 0 Å². The lowest BCUT2D eigenvalue weighted by Gasteiger charge is -2.19. The number of carbonyl (C=O) groups excluding carboxylic acids is 2. The predicted octanol–water partition coefficient (Wildman–Crippen LogP) is 1.33. The van der Waals surface area contributed by atoms with Gasteiger partial charge in [0, 0.05) is 26.7 Å². The number of amides is 1. The Bertz CT molecular complexity index is 759. The van der Waals surface area contributed by atoms with Crippen molar-refractivity contribution in [3.8, 4) is 0 Å². The first kappa shape index (κ1) is 23.1. The maximum absolute atomic E-state index is 12.7. The summed E-state index contributed by atoms with van der Waals surface area (Å²) < 4.78 is 36.6. The molecule has 0 spiro atoms. The summed E-state index contributed by atoms with van der Waals surface area (Å²) in [4.78, 5) is 24.4. The Kier molecular flexibility index (Phi) is 8.87. The van der Waals surface area contributed by atoms with Gasteiger partial charge in [-0.1, -0.05) is 19.9 Å². The first-order valence-corrected chi connectivity index (χ1v) is 10.2. The summed E-state index contributed by atoms with van der Waals surface area (Å²) in [7, 11) is -2.19. The van der Waals surface area contributed by atoms with Crippen LogP contribution in [0, 0.1) is 6.92 Å². The van der Waals surface area contributed by atoms with E-state index in [1.54, 1.807) is 26.8 Å². The van der Waals surface area contributed by atoms with Gasteiger partial charge < -0.3 is 14.8 Å². The SMILES string of the molecule is CCN(CC)S(=O)(=O)c1ccc(C)c(C(=O)O[C@H](C)C(=O)NCCOC)c1. The molecular formula is C18H28N2O6S. The fourth-order valence-electron chi connectivity index (χ4n) is 2.39. The molecule has 0 radical (unpaired) electrons. The van der Waals surface area contributed by atoms with Crippen LogP contribution in [-0.2, 0) is 24.3 Å². The fraction of sp³-hybridized carbons (Fsp3) is 0.556. The zero-order chi connectivity index (χ0) is 20.6. The Morgan fingerprint density at radius 2 is 1.85 bits per heavy atom. The highest BCUT2D eigenvalue weighted by atomic mass is 32.2. The van der Waals surface area contributed by atoms with Crippen LogP contribution < -0.4 is 5.32 Å². The van der Waals surface area contributed by atoms with Gasteiger partial charge in [-0.05, 0) is 31.5 Å². The number of methoxy groups -OCH3 is 1. The lowest BCUT2D eigenvalue weighted by Crippen LogP contribution is -2.37. The number of nitrogens with zero attached hydrogens (tertiary/aromatic N) is 1. The molecule has 1 aromatic carbocycles. The van der Waals surface area contributed by atoms with E-state index in [1.165, 1.54) is 30.5 Å². The average Bonchev–Trinajstić information content (AvgIpc) is 2.62. The molecule has 0 saturated carbocycles. The highest BCUT2D eigenvalue weighted by Crippen LogP contribution is 2.20. The Morgan fingerprint density at radius 3 is 2.41 bits per heavy atom.